The Bertz CT molecular complexity index is 1050. The number of methoxy groups -OCH3 is 1. The van der Waals surface area contributed by atoms with Gasteiger partial charge in [-0.05, 0) is 36.1 Å². The van der Waals surface area contributed by atoms with Gasteiger partial charge >= 0.3 is 0 Å². The number of halogens is 3. The summed E-state index contributed by atoms with van der Waals surface area (Å²) < 4.78 is 16.6. The van der Waals surface area contributed by atoms with E-state index in [2.05, 4.69) is 17.1 Å². The fraction of sp³-hybridized carbons (Fsp3) is 0.536. The molecule has 0 aliphatic carbocycles. The molecule has 2 aliphatic rings. The molecule has 208 valence electrons. The first-order valence-electron chi connectivity index (χ1n) is 12.9. The maximum Gasteiger partial charge on any atom is 0.272 e. The lowest BCUT2D eigenvalue weighted by Gasteiger charge is -2.43. The van der Waals surface area contributed by atoms with Gasteiger partial charge in [0.2, 0.25) is 0 Å². The van der Waals surface area contributed by atoms with E-state index in [-0.39, 0.29) is 31.3 Å². The molecule has 2 aromatic rings. The summed E-state index contributed by atoms with van der Waals surface area (Å²) in [4.78, 5) is 14.3. The van der Waals surface area contributed by atoms with Crippen LogP contribution in [0.3, 0.4) is 0 Å². The second-order valence-electron chi connectivity index (χ2n) is 9.99. The summed E-state index contributed by atoms with van der Waals surface area (Å²) in [5, 5.41) is 12.1. The van der Waals surface area contributed by atoms with Crippen molar-refractivity contribution in [3.8, 4) is 0 Å². The number of aliphatic hydroxyl groups excluding tert-OH is 1. The number of benzene rings is 2. The van der Waals surface area contributed by atoms with Crippen LogP contribution in [0.5, 0.6) is 0 Å². The third-order valence-electron chi connectivity index (χ3n) is 7.36. The first-order valence-corrected chi connectivity index (χ1v) is 14.0. The van der Waals surface area contributed by atoms with Crippen molar-refractivity contribution in [1.29, 1.82) is 0 Å². The van der Waals surface area contributed by atoms with Gasteiger partial charge in [0.25, 0.3) is 9.70 Å². The van der Waals surface area contributed by atoms with Crippen molar-refractivity contribution in [2.24, 2.45) is 5.92 Å². The van der Waals surface area contributed by atoms with Gasteiger partial charge in [0.1, 0.15) is 0 Å². The number of alkyl halides is 3. The molecule has 2 aliphatic heterocycles. The van der Waals surface area contributed by atoms with Gasteiger partial charge in [-0.25, -0.2) is 0 Å². The predicted molar refractivity (Wildman–Crippen MR) is 148 cm³/mol. The number of amides is 1. The van der Waals surface area contributed by atoms with Crippen molar-refractivity contribution in [2.45, 2.75) is 61.2 Å². The van der Waals surface area contributed by atoms with Crippen LogP contribution in [0.15, 0.2) is 48.5 Å². The fourth-order valence-corrected chi connectivity index (χ4v) is 5.35. The van der Waals surface area contributed by atoms with Crippen molar-refractivity contribution < 1.29 is 24.1 Å². The van der Waals surface area contributed by atoms with E-state index in [0.29, 0.717) is 12.6 Å². The summed E-state index contributed by atoms with van der Waals surface area (Å²) >= 11 is 16.9. The topological polar surface area (TPSA) is 80.3 Å². The molecule has 2 heterocycles. The first kappa shape index (κ1) is 29.6. The van der Waals surface area contributed by atoms with E-state index in [1.54, 1.807) is 7.11 Å². The molecule has 2 N–H and O–H groups in total. The zero-order chi connectivity index (χ0) is 27.3. The highest BCUT2D eigenvalue weighted by Gasteiger charge is 2.40. The summed E-state index contributed by atoms with van der Waals surface area (Å²) in [5.74, 6) is -0.572. The SMILES string of the molecule is COC[C@@H]1CCCN1C[C@@H]1O[C@H](c2ccc(CNC(=O)C(Cl)(Cl)Cl)cc2)O[C@H](c2ccc(CO)cc2)[C@@H]1C. The molecule has 2 fully saturated rings. The minimum atomic E-state index is -2.00. The highest BCUT2D eigenvalue weighted by atomic mass is 35.6. The van der Waals surface area contributed by atoms with E-state index in [0.717, 1.165) is 48.2 Å². The van der Waals surface area contributed by atoms with E-state index in [1.165, 1.54) is 0 Å². The number of carbonyl (C=O) groups is 1. The van der Waals surface area contributed by atoms with E-state index in [9.17, 15) is 9.90 Å². The van der Waals surface area contributed by atoms with Gasteiger partial charge in [-0.3, -0.25) is 9.69 Å². The number of ether oxygens (including phenoxy) is 3. The largest absolute Gasteiger partial charge is 0.392 e. The van der Waals surface area contributed by atoms with Gasteiger partial charge in [0, 0.05) is 37.7 Å². The number of nitrogens with one attached hydrogen (secondary N) is 1. The van der Waals surface area contributed by atoms with Gasteiger partial charge in [-0.1, -0.05) is 90.3 Å². The van der Waals surface area contributed by atoms with Crippen LogP contribution in [0.1, 0.15) is 54.4 Å². The standard InChI is InChI=1S/C28H35Cl3N2O5/c1-18-24(15-33-13-3-4-23(33)17-36-2)37-26(38-25(18)21-9-7-20(16-34)8-10-21)22-11-5-19(6-12-22)14-32-27(35)28(29,30)31/h5-12,18,23-26,34H,3-4,13-17H2,1-2H3,(H,32,35)/t18-,23+,24+,25+,26+/m1/s1. The first-order chi connectivity index (χ1) is 18.2. The summed E-state index contributed by atoms with van der Waals surface area (Å²) in [6.07, 6.45) is 1.47. The molecule has 2 saturated heterocycles. The highest BCUT2D eigenvalue weighted by molar-refractivity contribution is 6.76. The highest BCUT2D eigenvalue weighted by Crippen LogP contribution is 2.42. The molecule has 38 heavy (non-hydrogen) atoms. The number of hydrogen-bond donors (Lipinski definition) is 2. The van der Waals surface area contributed by atoms with Crippen molar-refractivity contribution in [3.63, 3.8) is 0 Å². The van der Waals surface area contributed by atoms with E-state index in [1.807, 2.05) is 48.5 Å². The van der Waals surface area contributed by atoms with Gasteiger partial charge < -0.3 is 24.6 Å². The predicted octanol–water partition coefficient (Wildman–Crippen LogP) is 5.07. The van der Waals surface area contributed by atoms with Crippen LogP contribution in [0.4, 0.5) is 0 Å². The average molecular weight is 586 g/mol. The number of rotatable bonds is 9. The van der Waals surface area contributed by atoms with Crippen LogP contribution in [0, 0.1) is 5.92 Å². The molecule has 0 aromatic heterocycles. The Kier molecular flexibility index (Phi) is 10.3. The summed E-state index contributed by atoms with van der Waals surface area (Å²) in [6.45, 7) is 4.93. The van der Waals surface area contributed by atoms with Crippen LogP contribution in [0.2, 0.25) is 0 Å². The smallest absolute Gasteiger partial charge is 0.272 e. The van der Waals surface area contributed by atoms with E-state index >= 15 is 0 Å². The Morgan fingerprint density at radius 3 is 2.37 bits per heavy atom. The second kappa shape index (κ2) is 13.3. The Balaban J connectivity index is 1.52. The molecular weight excluding hydrogens is 551 g/mol. The molecule has 0 bridgehead atoms. The van der Waals surface area contributed by atoms with Crippen LogP contribution in [-0.2, 0) is 32.2 Å². The van der Waals surface area contributed by atoms with Crippen LogP contribution in [-0.4, -0.2) is 58.7 Å². The van der Waals surface area contributed by atoms with Crippen molar-refractivity contribution >= 4 is 40.7 Å². The van der Waals surface area contributed by atoms with Gasteiger partial charge in [0.05, 0.1) is 25.4 Å². The molecule has 1 amide bonds. The van der Waals surface area contributed by atoms with Gasteiger partial charge in [-0.2, -0.15) is 0 Å². The Morgan fingerprint density at radius 2 is 1.74 bits per heavy atom. The van der Waals surface area contributed by atoms with Crippen molar-refractivity contribution in [3.05, 3.63) is 70.8 Å². The fourth-order valence-electron chi connectivity index (χ4n) is 5.15. The normalized spacial score (nSPS) is 26.4. The zero-order valence-corrected chi connectivity index (χ0v) is 23.9. The average Bonchev–Trinajstić information content (AvgIpc) is 3.35. The maximum atomic E-state index is 11.9. The lowest BCUT2D eigenvalue weighted by atomic mass is 9.90. The van der Waals surface area contributed by atoms with Crippen molar-refractivity contribution in [2.75, 3.05) is 26.8 Å². The number of aliphatic hydroxyl groups is 1. The molecule has 4 rings (SSSR count). The van der Waals surface area contributed by atoms with Gasteiger partial charge in [-0.15, -0.1) is 0 Å². The zero-order valence-electron chi connectivity index (χ0n) is 21.6. The van der Waals surface area contributed by atoms with Crippen LogP contribution < -0.4 is 5.32 Å². The lowest BCUT2D eigenvalue weighted by molar-refractivity contribution is -0.276. The molecule has 0 radical (unpaired) electrons. The number of carbonyl (C=O) groups excluding carboxylic acids is 1. The Morgan fingerprint density at radius 1 is 1.08 bits per heavy atom. The molecule has 5 atom stereocenters. The number of likely N-dealkylation sites (tertiary alicyclic amines) is 1. The second-order valence-corrected chi connectivity index (χ2v) is 12.3. The summed E-state index contributed by atoms with van der Waals surface area (Å²) in [7, 11) is 1.75. The Labute approximate surface area is 239 Å². The molecule has 7 nitrogen and oxygen atoms in total. The third kappa shape index (κ3) is 7.40. The van der Waals surface area contributed by atoms with Crippen LogP contribution in [0.25, 0.3) is 0 Å². The number of hydrogen-bond acceptors (Lipinski definition) is 6. The molecule has 0 spiro atoms. The summed E-state index contributed by atoms with van der Waals surface area (Å²) in [6, 6.07) is 16.0. The molecule has 0 saturated carbocycles. The minimum absolute atomic E-state index is 0.0000317. The van der Waals surface area contributed by atoms with Crippen LogP contribution >= 0.6 is 34.8 Å². The quantitative estimate of drug-likeness (QED) is 0.400. The molecule has 10 heteroatoms. The number of nitrogens with zero attached hydrogens (tertiary/aromatic N) is 1. The van der Waals surface area contributed by atoms with E-state index in [4.69, 9.17) is 49.0 Å². The monoisotopic (exact) mass is 584 g/mol. The Hall–Kier alpha value is -1.42. The minimum Gasteiger partial charge on any atom is -0.392 e. The lowest BCUT2D eigenvalue weighted by Crippen LogP contribution is -2.46. The maximum absolute atomic E-state index is 11.9. The van der Waals surface area contributed by atoms with Crippen molar-refractivity contribution in [1.82, 2.24) is 10.2 Å². The molecule has 2 aromatic carbocycles. The molecule has 0 unspecified atom stereocenters. The van der Waals surface area contributed by atoms with Gasteiger partial charge in [0.15, 0.2) is 6.29 Å². The van der Waals surface area contributed by atoms with E-state index < -0.39 is 16.0 Å². The summed E-state index contributed by atoms with van der Waals surface area (Å²) in [5.41, 5.74) is 3.64. The third-order valence-corrected chi connectivity index (χ3v) is 7.87. The molecular formula is C28H35Cl3N2O5.